The molecule has 11 nitrogen and oxygen atoms in total. The number of hydrogen-bond donors (Lipinski definition) is 1. The Kier molecular flexibility index (Phi) is 6.68. The Bertz CT molecular complexity index is 1810. The lowest BCUT2D eigenvalue weighted by Gasteiger charge is -2.35. The molecule has 5 aromatic rings. The van der Waals surface area contributed by atoms with Gasteiger partial charge in [-0.25, -0.2) is 9.37 Å². The molecule has 0 bridgehead atoms. The van der Waals surface area contributed by atoms with Crippen LogP contribution in [0.15, 0.2) is 71.3 Å². The number of alkyl halides is 1. The van der Waals surface area contributed by atoms with Crippen molar-refractivity contribution in [1.29, 1.82) is 0 Å². The quantitative estimate of drug-likeness (QED) is 0.297. The molecule has 2 aliphatic rings. The van der Waals surface area contributed by atoms with Crippen LogP contribution >= 0.6 is 0 Å². The fourth-order valence-electron chi connectivity index (χ4n) is 5.70. The van der Waals surface area contributed by atoms with Crippen LogP contribution in [0.2, 0.25) is 0 Å². The van der Waals surface area contributed by atoms with Crippen molar-refractivity contribution in [2.75, 3.05) is 18.4 Å². The van der Waals surface area contributed by atoms with Crippen LogP contribution in [-0.4, -0.2) is 65.6 Å². The number of aryl methyl sites for hydroxylation is 1. The highest BCUT2D eigenvalue weighted by atomic mass is 19.1. The lowest BCUT2D eigenvalue weighted by Crippen LogP contribution is -2.40. The summed E-state index contributed by atoms with van der Waals surface area (Å²) >= 11 is 0. The van der Waals surface area contributed by atoms with Crippen LogP contribution in [0.4, 0.5) is 10.1 Å². The van der Waals surface area contributed by atoms with E-state index in [-0.39, 0.29) is 30.6 Å². The first-order valence-electron chi connectivity index (χ1n) is 14.3. The third-order valence-electron chi connectivity index (χ3n) is 8.23. The van der Waals surface area contributed by atoms with Crippen LogP contribution in [0, 0.1) is 5.92 Å². The van der Waals surface area contributed by atoms with Gasteiger partial charge in [0.25, 0.3) is 11.8 Å². The van der Waals surface area contributed by atoms with Gasteiger partial charge in [0, 0.05) is 30.5 Å². The second kappa shape index (κ2) is 10.7. The largest absolute Gasteiger partial charge is 0.436 e. The molecule has 0 radical (unpaired) electrons. The first-order chi connectivity index (χ1) is 20.9. The first kappa shape index (κ1) is 26.9. The second-order valence-corrected chi connectivity index (χ2v) is 11.2. The van der Waals surface area contributed by atoms with Gasteiger partial charge >= 0.3 is 0 Å². The van der Waals surface area contributed by atoms with E-state index in [4.69, 9.17) is 4.42 Å². The molecule has 2 fully saturated rings. The van der Waals surface area contributed by atoms with E-state index in [1.807, 2.05) is 23.1 Å². The van der Waals surface area contributed by atoms with E-state index in [1.54, 1.807) is 43.6 Å². The van der Waals surface area contributed by atoms with E-state index >= 15 is 0 Å². The minimum absolute atomic E-state index is 0.00611. The number of aromatic nitrogens is 6. The molecule has 1 aliphatic heterocycles. The number of likely N-dealkylation sites (tertiary alicyclic amines) is 1. The molecule has 7 rings (SSSR count). The van der Waals surface area contributed by atoms with Gasteiger partial charge in [-0.15, -0.1) is 10.2 Å². The van der Waals surface area contributed by atoms with E-state index < -0.39 is 11.6 Å². The third-order valence-corrected chi connectivity index (χ3v) is 8.23. The highest BCUT2D eigenvalue weighted by Gasteiger charge is 2.50. The average molecular weight is 581 g/mol. The monoisotopic (exact) mass is 580 g/mol. The highest BCUT2D eigenvalue weighted by molar-refractivity contribution is 6.00. The van der Waals surface area contributed by atoms with Gasteiger partial charge in [0.05, 0.1) is 13.0 Å². The number of halogens is 1. The Hall–Kier alpha value is -5.00. The van der Waals surface area contributed by atoms with E-state index in [1.165, 1.54) is 4.80 Å². The minimum atomic E-state index is -1.77. The smallest absolute Gasteiger partial charge is 0.272 e. The van der Waals surface area contributed by atoms with E-state index in [0.717, 1.165) is 18.4 Å². The molecule has 0 spiro atoms. The lowest BCUT2D eigenvalue weighted by molar-refractivity contribution is -0.122. The maximum atomic E-state index is 14.1. The highest BCUT2D eigenvalue weighted by Crippen LogP contribution is 2.41. The van der Waals surface area contributed by atoms with Crippen LogP contribution in [-0.2, 0) is 11.8 Å². The second-order valence-electron chi connectivity index (χ2n) is 11.2. The molecule has 12 heteroatoms. The van der Waals surface area contributed by atoms with Gasteiger partial charge in [-0.05, 0) is 72.7 Å². The number of tetrazole rings is 1. The Morgan fingerprint density at radius 1 is 1.07 bits per heavy atom. The fraction of sp³-hybridized carbons (Fsp3) is 0.323. The fourth-order valence-corrected chi connectivity index (χ4v) is 5.70. The van der Waals surface area contributed by atoms with E-state index in [2.05, 4.69) is 42.8 Å². The number of pyridine rings is 1. The number of piperidine rings is 1. The molecule has 3 aromatic heterocycles. The van der Waals surface area contributed by atoms with Crippen molar-refractivity contribution in [2.45, 2.75) is 37.3 Å². The summed E-state index contributed by atoms with van der Waals surface area (Å²) in [5.41, 5.74) is 1.74. The number of fused-ring (bicyclic) bond motifs is 1. The molecule has 1 unspecified atom stereocenters. The van der Waals surface area contributed by atoms with Crippen LogP contribution in [0.1, 0.15) is 53.5 Å². The number of nitrogens with one attached hydrogen (secondary N) is 1. The average Bonchev–Trinajstić information content (AvgIpc) is 3.43. The molecule has 1 saturated carbocycles. The summed E-state index contributed by atoms with van der Waals surface area (Å²) in [5.74, 6) is 0.459. The Balaban J connectivity index is 1.05. The number of anilines is 1. The number of carbonyl (C=O) groups is 2. The summed E-state index contributed by atoms with van der Waals surface area (Å²) in [6, 6.07) is 18.6. The van der Waals surface area contributed by atoms with Crippen LogP contribution in [0.3, 0.4) is 0 Å². The molecule has 218 valence electrons. The summed E-state index contributed by atoms with van der Waals surface area (Å²) in [4.78, 5) is 37.8. The van der Waals surface area contributed by atoms with Gasteiger partial charge < -0.3 is 14.6 Å². The minimum Gasteiger partial charge on any atom is -0.436 e. The molecule has 2 aromatic carbocycles. The van der Waals surface area contributed by atoms with Crippen molar-refractivity contribution in [1.82, 2.24) is 35.1 Å². The van der Waals surface area contributed by atoms with Gasteiger partial charge in [-0.1, -0.05) is 30.3 Å². The standard InChI is InChI=1S/C31H29FN8O3/c1-39-37-27(36-38-39)26(19-5-3-2-4-6-19)20-10-15-40(16-11-20)29(41)24-17-21(9-14-33-24)28-35-23-18-22(7-8-25(23)43-28)34-30(42)31(32)12-13-31/h2-9,14,17-18,20,26H,10-13,15-16H2,1H3,(H,34,42). The van der Waals surface area contributed by atoms with Gasteiger partial charge in [0.15, 0.2) is 17.1 Å². The normalized spacial score (nSPS) is 17.1. The van der Waals surface area contributed by atoms with Crippen LogP contribution in [0.5, 0.6) is 0 Å². The van der Waals surface area contributed by atoms with Crippen molar-refractivity contribution in [3.63, 3.8) is 0 Å². The SMILES string of the molecule is Cn1nnc(C(c2ccccc2)C2CCN(C(=O)c3cc(-c4nc5cc(NC(=O)C6(F)CC6)ccc5o4)ccn3)CC2)n1. The molecule has 1 saturated heterocycles. The van der Waals surface area contributed by atoms with Crippen molar-refractivity contribution in [3.8, 4) is 11.5 Å². The summed E-state index contributed by atoms with van der Waals surface area (Å²) in [7, 11) is 1.76. The lowest BCUT2D eigenvalue weighted by atomic mass is 9.79. The zero-order chi connectivity index (χ0) is 29.6. The zero-order valence-electron chi connectivity index (χ0n) is 23.5. The summed E-state index contributed by atoms with van der Waals surface area (Å²) in [5, 5.41) is 15.5. The van der Waals surface area contributed by atoms with Crippen LogP contribution < -0.4 is 5.32 Å². The molecule has 43 heavy (non-hydrogen) atoms. The van der Waals surface area contributed by atoms with Crippen molar-refractivity contribution >= 4 is 28.6 Å². The van der Waals surface area contributed by atoms with Gasteiger partial charge in [0.1, 0.15) is 11.2 Å². The molecule has 1 atom stereocenters. The maximum absolute atomic E-state index is 14.1. The molecule has 1 N–H and O–H groups in total. The number of oxazole rings is 1. The van der Waals surface area contributed by atoms with E-state index in [9.17, 15) is 14.0 Å². The van der Waals surface area contributed by atoms with E-state index in [0.29, 0.717) is 52.8 Å². The van der Waals surface area contributed by atoms with Gasteiger partial charge in [-0.2, -0.15) is 4.80 Å². The van der Waals surface area contributed by atoms with Crippen molar-refractivity contribution in [2.24, 2.45) is 13.0 Å². The summed E-state index contributed by atoms with van der Waals surface area (Å²) < 4.78 is 20.0. The van der Waals surface area contributed by atoms with Crippen LogP contribution in [0.25, 0.3) is 22.6 Å². The summed E-state index contributed by atoms with van der Waals surface area (Å²) in [6.07, 6.45) is 3.63. The van der Waals surface area contributed by atoms with Gasteiger partial charge in [-0.3, -0.25) is 14.6 Å². The number of benzene rings is 2. The Labute approximate surface area is 246 Å². The summed E-state index contributed by atoms with van der Waals surface area (Å²) in [6.45, 7) is 1.16. The number of hydrogen-bond acceptors (Lipinski definition) is 8. The number of rotatable bonds is 7. The van der Waals surface area contributed by atoms with Gasteiger partial charge in [0.2, 0.25) is 5.89 Å². The van der Waals surface area contributed by atoms with Crippen molar-refractivity contribution in [3.05, 3.63) is 83.9 Å². The van der Waals surface area contributed by atoms with Crippen molar-refractivity contribution < 1.29 is 18.4 Å². The third kappa shape index (κ3) is 5.36. The Morgan fingerprint density at radius 3 is 2.58 bits per heavy atom. The number of nitrogens with zero attached hydrogens (tertiary/aromatic N) is 7. The predicted molar refractivity (Wildman–Crippen MR) is 155 cm³/mol. The molecular formula is C31H29FN8O3. The number of amides is 2. The maximum Gasteiger partial charge on any atom is 0.272 e. The number of carbonyl (C=O) groups excluding carboxylic acids is 2. The topological polar surface area (TPSA) is 132 Å². The first-order valence-corrected chi connectivity index (χ1v) is 14.3. The molecule has 4 heterocycles. The Morgan fingerprint density at radius 2 is 1.86 bits per heavy atom. The zero-order valence-corrected chi connectivity index (χ0v) is 23.5. The molecular weight excluding hydrogens is 551 g/mol. The molecule has 2 amide bonds. The predicted octanol–water partition coefficient (Wildman–Crippen LogP) is 4.54. The molecule has 1 aliphatic carbocycles.